The third kappa shape index (κ3) is 2.94. The second-order valence-corrected chi connectivity index (χ2v) is 6.09. The number of carbonyl (C=O) groups is 1. The molecule has 2 rings (SSSR count). The first-order chi connectivity index (χ1) is 10.0. The summed E-state index contributed by atoms with van der Waals surface area (Å²) in [5.74, 6) is 0. The average Bonchev–Trinajstić information content (AvgIpc) is 3.00. The number of sulfone groups is 1. The van der Waals surface area contributed by atoms with Gasteiger partial charge in [-0.05, 0) is 26.0 Å². The molecule has 0 aliphatic heterocycles. The van der Waals surface area contributed by atoms with Gasteiger partial charge in [-0.15, -0.1) is 5.10 Å². The smallest absolute Gasteiger partial charge is 0.323 e. The highest BCUT2D eigenvalue weighted by molar-refractivity contribution is 7.91. The molecular formula is C13H16N4O3S. The maximum atomic E-state index is 12.3. The van der Waals surface area contributed by atoms with Crippen LogP contribution >= 0.6 is 0 Å². The van der Waals surface area contributed by atoms with Gasteiger partial charge in [0.1, 0.15) is 6.33 Å². The summed E-state index contributed by atoms with van der Waals surface area (Å²) in [6.45, 7) is 4.69. The topological polar surface area (TPSA) is 85.2 Å². The molecule has 112 valence electrons. The summed E-state index contributed by atoms with van der Waals surface area (Å²) in [6.07, 6.45) is 1.12. The van der Waals surface area contributed by atoms with Gasteiger partial charge in [0.2, 0.25) is 9.84 Å². The maximum absolute atomic E-state index is 12.3. The molecule has 21 heavy (non-hydrogen) atoms. The second kappa shape index (κ2) is 6.04. The van der Waals surface area contributed by atoms with Crippen molar-refractivity contribution in [2.24, 2.45) is 0 Å². The summed E-state index contributed by atoms with van der Waals surface area (Å²) < 4.78 is 25.6. The van der Waals surface area contributed by atoms with Crippen LogP contribution in [0.4, 0.5) is 4.79 Å². The van der Waals surface area contributed by atoms with Crippen LogP contribution in [0.2, 0.25) is 0 Å². The van der Waals surface area contributed by atoms with Crippen molar-refractivity contribution in [3.63, 3.8) is 0 Å². The molecule has 0 N–H and O–H groups in total. The molecule has 1 heterocycles. The van der Waals surface area contributed by atoms with Gasteiger partial charge in [-0.25, -0.2) is 18.2 Å². The summed E-state index contributed by atoms with van der Waals surface area (Å²) in [4.78, 5) is 17.4. The molecule has 8 heteroatoms. The number of rotatable bonds is 4. The summed E-state index contributed by atoms with van der Waals surface area (Å²) in [5.41, 5.74) is 0. The van der Waals surface area contributed by atoms with E-state index in [1.54, 1.807) is 18.2 Å². The highest BCUT2D eigenvalue weighted by Gasteiger charge is 2.24. The van der Waals surface area contributed by atoms with Crippen molar-refractivity contribution in [3.05, 3.63) is 36.7 Å². The van der Waals surface area contributed by atoms with Crippen LogP contribution in [0.3, 0.4) is 0 Å². The first kappa shape index (κ1) is 15.2. The van der Waals surface area contributed by atoms with Crippen molar-refractivity contribution in [1.29, 1.82) is 0 Å². The molecule has 0 aliphatic rings. The minimum absolute atomic E-state index is 0.0954. The van der Waals surface area contributed by atoms with Gasteiger partial charge in [0, 0.05) is 13.1 Å². The summed E-state index contributed by atoms with van der Waals surface area (Å²) in [5, 5.41) is 3.42. The predicted octanol–water partition coefficient (Wildman–Crippen LogP) is 1.42. The van der Waals surface area contributed by atoms with Crippen LogP contribution < -0.4 is 0 Å². The van der Waals surface area contributed by atoms with E-state index in [0.717, 1.165) is 11.0 Å². The van der Waals surface area contributed by atoms with Crippen molar-refractivity contribution in [3.8, 4) is 0 Å². The Bertz CT molecular complexity index is 721. The van der Waals surface area contributed by atoms with Gasteiger partial charge in [-0.1, -0.05) is 18.2 Å². The molecule has 0 atom stereocenters. The number of carbonyl (C=O) groups excluding carboxylic acids is 1. The Morgan fingerprint density at radius 3 is 2.38 bits per heavy atom. The molecule has 7 nitrogen and oxygen atoms in total. The van der Waals surface area contributed by atoms with Crippen LogP contribution in [-0.2, 0) is 9.84 Å². The maximum Gasteiger partial charge on any atom is 0.346 e. The average molecular weight is 308 g/mol. The lowest BCUT2D eigenvalue weighted by Crippen LogP contribution is -2.34. The van der Waals surface area contributed by atoms with Gasteiger partial charge >= 0.3 is 6.03 Å². The zero-order valence-electron chi connectivity index (χ0n) is 11.8. The zero-order chi connectivity index (χ0) is 15.5. The van der Waals surface area contributed by atoms with Crippen molar-refractivity contribution in [2.75, 3.05) is 13.1 Å². The number of benzene rings is 1. The molecule has 0 radical (unpaired) electrons. The van der Waals surface area contributed by atoms with Gasteiger partial charge in [0.15, 0.2) is 0 Å². The van der Waals surface area contributed by atoms with E-state index >= 15 is 0 Å². The van der Waals surface area contributed by atoms with Gasteiger partial charge in [0.05, 0.1) is 4.90 Å². The van der Waals surface area contributed by atoms with Gasteiger partial charge < -0.3 is 4.90 Å². The fraction of sp³-hybridized carbons (Fsp3) is 0.308. The van der Waals surface area contributed by atoms with E-state index in [2.05, 4.69) is 10.1 Å². The second-order valence-electron chi connectivity index (χ2n) is 4.24. The molecule has 1 aromatic carbocycles. The molecular weight excluding hydrogens is 292 g/mol. The Balaban J connectivity index is 2.34. The molecule has 0 bridgehead atoms. The van der Waals surface area contributed by atoms with Crippen molar-refractivity contribution in [2.45, 2.75) is 23.9 Å². The minimum Gasteiger partial charge on any atom is -0.323 e. The third-order valence-corrected chi connectivity index (χ3v) is 4.56. The van der Waals surface area contributed by atoms with Crippen LogP contribution in [0, 0.1) is 0 Å². The Morgan fingerprint density at radius 1 is 1.19 bits per heavy atom. The van der Waals surface area contributed by atoms with Crippen LogP contribution in [0.15, 0.2) is 46.7 Å². The van der Waals surface area contributed by atoms with Crippen LogP contribution in [0.25, 0.3) is 0 Å². The van der Waals surface area contributed by atoms with Crippen molar-refractivity contribution < 1.29 is 13.2 Å². The van der Waals surface area contributed by atoms with E-state index in [1.165, 1.54) is 17.0 Å². The third-order valence-electron chi connectivity index (χ3n) is 2.99. The number of nitrogens with zero attached hydrogens (tertiary/aromatic N) is 4. The number of hydrogen-bond donors (Lipinski definition) is 0. The fourth-order valence-electron chi connectivity index (χ4n) is 1.81. The lowest BCUT2D eigenvalue weighted by atomic mass is 10.4. The van der Waals surface area contributed by atoms with E-state index < -0.39 is 15.9 Å². The SMILES string of the molecule is CCN(CC)C(=O)n1cnc(S(=O)(=O)c2ccccc2)n1. The Kier molecular flexibility index (Phi) is 4.37. The van der Waals surface area contributed by atoms with Crippen LogP contribution in [0.5, 0.6) is 0 Å². The van der Waals surface area contributed by atoms with E-state index in [-0.39, 0.29) is 10.1 Å². The van der Waals surface area contributed by atoms with E-state index in [9.17, 15) is 13.2 Å². The molecule has 0 saturated carbocycles. The largest absolute Gasteiger partial charge is 0.346 e. The Morgan fingerprint density at radius 2 is 1.81 bits per heavy atom. The van der Waals surface area contributed by atoms with Crippen LogP contribution in [-0.4, -0.2) is 47.2 Å². The van der Waals surface area contributed by atoms with E-state index in [4.69, 9.17) is 0 Å². The number of amides is 1. The molecule has 0 aliphatic carbocycles. The van der Waals surface area contributed by atoms with Crippen molar-refractivity contribution in [1.82, 2.24) is 19.7 Å². The molecule has 2 aromatic rings. The summed E-state index contributed by atoms with van der Waals surface area (Å²) in [6, 6.07) is 7.47. The molecule has 0 unspecified atom stereocenters. The number of hydrogen-bond acceptors (Lipinski definition) is 5. The Labute approximate surface area is 123 Å². The van der Waals surface area contributed by atoms with Gasteiger partial charge in [-0.2, -0.15) is 4.68 Å². The molecule has 0 spiro atoms. The number of aromatic nitrogens is 3. The monoisotopic (exact) mass is 308 g/mol. The standard InChI is InChI=1S/C13H16N4O3S/c1-3-16(4-2)13(18)17-10-14-12(15-17)21(19,20)11-8-6-5-7-9-11/h5-10H,3-4H2,1-2H3. The van der Waals surface area contributed by atoms with E-state index in [0.29, 0.717) is 13.1 Å². The quantitative estimate of drug-likeness (QED) is 0.852. The summed E-state index contributed by atoms with van der Waals surface area (Å²) in [7, 11) is -3.80. The first-order valence-electron chi connectivity index (χ1n) is 6.51. The highest BCUT2D eigenvalue weighted by atomic mass is 32.2. The zero-order valence-corrected chi connectivity index (χ0v) is 12.6. The lowest BCUT2D eigenvalue weighted by molar-refractivity contribution is 0.201. The first-order valence-corrected chi connectivity index (χ1v) is 8.00. The predicted molar refractivity (Wildman–Crippen MR) is 75.6 cm³/mol. The lowest BCUT2D eigenvalue weighted by Gasteiger charge is -2.17. The normalized spacial score (nSPS) is 11.3. The fourth-order valence-corrected chi connectivity index (χ4v) is 2.91. The summed E-state index contributed by atoms with van der Waals surface area (Å²) >= 11 is 0. The minimum atomic E-state index is -3.80. The Hall–Kier alpha value is -2.22. The van der Waals surface area contributed by atoms with E-state index in [1.807, 2.05) is 13.8 Å². The molecule has 1 amide bonds. The van der Waals surface area contributed by atoms with Gasteiger partial charge in [-0.3, -0.25) is 0 Å². The molecule has 0 saturated heterocycles. The van der Waals surface area contributed by atoms with Crippen LogP contribution in [0.1, 0.15) is 13.8 Å². The molecule has 0 fully saturated rings. The van der Waals surface area contributed by atoms with Gasteiger partial charge in [0.25, 0.3) is 5.16 Å². The molecule has 1 aromatic heterocycles. The highest BCUT2D eigenvalue weighted by Crippen LogP contribution is 2.16. The van der Waals surface area contributed by atoms with Crippen molar-refractivity contribution >= 4 is 15.9 Å².